The van der Waals surface area contributed by atoms with Crippen LogP contribution in [0.5, 0.6) is 0 Å². The van der Waals surface area contributed by atoms with E-state index in [1.165, 1.54) is 18.0 Å². The van der Waals surface area contributed by atoms with Crippen molar-refractivity contribution in [3.63, 3.8) is 0 Å². The molecule has 0 bridgehead atoms. The Hall–Kier alpha value is -3.40. The van der Waals surface area contributed by atoms with Gasteiger partial charge in [0.25, 0.3) is 0 Å². The summed E-state index contributed by atoms with van der Waals surface area (Å²) in [7, 11) is 1.37. The molecule has 0 amide bonds. The third-order valence-corrected chi connectivity index (χ3v) is 4.23. The number of rotatable bonds is 2. The third kappa shape index (κ3) is 2.68. The number of nitrogens with zero attached hydrogens (tertiary/aromatic N) is 2. The topological polar surface area (TPSA) is 44.1 Å². The summed E-state index contributed by atoms with van der Waals surface area (Å²) in [5.74, 6) is 0. The maximum absolute atomic E-state index is 12.0. The number of carbonyl (C=O) groups is 1. The van der Waals surface area contributed by atoms with E-state index in [0.29, 0.717) is 0 Å². The van der Waals surface area contributed by atoms with Crippen LogP contribution >= 0.6 is 0 Å². The van der Waals surface area contributed by atoms with Gasteiger partial charge in [-0.3, -0.25) is 0 Å². The van der Waals surface area contributed by atoms with Gasteiger partial charge in [-0.1, -0.05) is 60.7 Å². The summed E-state index contributed by atoms with van der Waals surface area (Å²) < 4.78 is 6.27. The quantitative estimate of drug-likeness (QED) is 0.521. The Morgan fingerprint density at radius 3 is 2.00 bits per heavy atom. The van der Waals surface area contributed by atoms with Crippen molar-refractivity contribution in [2.24, 2.45) is 0 Å². The van der Waals surface area contributed by atoms with Gasteiger partial charge in [-0.15, -0.1) is 0 Å². The largest absolute Gasteiger partial charge is 0.452 e. The predicted molar refractivity (Wildman–Crippen MR) is 98.4 cm³/mol. The molecule has 0 atom stereocenters. The number of hydrogen-bond donors (Lipinski definition) is 0. The van der Waals surface area contributed by atoms with Gasteiger partial charge in [0.1, 0.15) is 6.33 Å². The molecule has 0 fully saturated rings. The van der Waals surface area contributed by atoms with Crippen LogP contribution in [0.2, 0.25) is 0 Å². The van der Waals surface area contributed by atoms with Gasteiger partial charge in [-0.25, -0.2) is 14.3 Å². The summed E-state index contributed by atoms with van der Waals surface area (Å²) in [6.07, 6.45) is 1.05. The van der Waals surface area contributed by atoms with Gasteiger partial charge in [0.05, 0.1) is 18.1 Å². The molecule has 3 aromatic carbocycles. The Morgan fingerprint density at radius 1 is 0.880 bits per heavy atom. The van der Waals surface area contributed by atoms with Crippen molar-refractivity contribution in [3.05, 3.63) is 79.1 Å². The van der Waals surface area contributed by atoms with E-state index in [4.69, 9.17) is 4.74 Å². The van der Waals surface area contributed by atoms with E-state index < -0.39 is 6.09 Å². The number of aromatic nitrogens is 2. The van der Waals surface area contributed by atoms with Gasteiger partial charge in [-0.2, -0.15) is 0 Å². The second kappa shape index (κ2) is 6.24. The highest BCUT2D eigenvalue weighted by atomic mass is 16.5. The highest BCUT2D eigenvalue weighted by Crippen LogP contribution is 2.35. The number of hydrogen-bond acceptors (Lipinski definition) is 3. The SMILES string of the molecule is COC(=O)n1cnc2cc(-c3ccccc3)c(-c3ccccc3)cc21. The number of carbonyl (C=O) groups excluding carboxylic acids is 1. The first kappa shape index (κ1) is 15.1. The molecule has 0 N–H and O–H groups in total. The second-order valence-electron chi connectivity index (χ2n) is 5.70. The van der Waals surface area contributed by atoms with Gasteiger partial charge in [0, 0.05) is 0 Å². The van der Waals surface area contributed by atoms with Crippen LogP contribution in [0.25, 0.3) is 33.3 Å². The molecule has 1 heterocycles. The first-order chi connectivity index (χ1) is 12.3. The zero-order chi connectivity index (χ0) is 17.2. The molecule has 0 radical (unpaired) electrons. The number of ether oxygens (including phenoxy) is 1. The molecule has 4 aromatic rings. The Morgan fingerprint density at radius 2 is 1.44 bits per heavy atom. The van der Waals surface area contributed by atoms with Crippen molar-refractivity contribution in [1.29, 1.82) is 0 Å². The van der Waals surface area contributed by atoms with Crippen LogP contribution in [0, 0.1) is 0 Å². The lowest BCUT2D eigenvalue weighted by atomic mass is 9.94. The molecule has 4 rings (SSSR count). The van der Waals surface area contributed by atoms with Crippen LogP contribution in [-0.4, -0.2) is 22.8 Å². The molecular formula is C21H16N2O2. The zero-order valence-electron chi connectivity index (χ0n) is 13.7. The van der Waals surface area contributed by atoms with Gasteiger partial charge in [0.15, 0.2) is 0 Å². The minimum absolute atomic E-state index is 0.450. The van der Waals surface area contributed by atoms with Crippen molar-refractivity contribution >= 4 is 17.1 Å². The van der Waals surface area contributed by atoms with E-state index in [1.54, 1.807) is 0 Å². The van der Waals surface area contributed by atoms with E-state index in [1.807, 2.05) is 48.5 Å². The monoisotopic (exact) mass is 328 g/mol. The number of methoxy groups -OCH3 is 1. The standard InChI is InChI=1S/C21H16N2O2/c1-25-21(24)23-14-22-19-12-17(15-8-4-2-5-9-15)18(13-20(19)23)16-10-6-3-7-11-16/h2-14H,1H3. The average molecular weight is 328 g/mol. The normalized spacial score (nSPS) is 10.8. The molecular weight excluding hydrogens is 312 g/mol. The molecule has 0 aliphatic rings. The molecule has 4 nitrogen and oxygen atoms in total. The fraction of sp³-hybridized carbons (Fsp3) is 0.0476. The fourth-order valence-electron chi connectivity index (χ4n) is 3.01. The van der Waals surface area contributed by atoms with Gasteiger partial charge >= 0.3 is 6.09 Å². The number of benzene rings is 3. The molecule has 122 valence electrons. The maximum atomic E-state index is 12.0. The summed E-state index contributed by atoms with van der Waals surface area (Å²) in [6, 6.07) is 24.3. The maximum Gasteiger partial charge on any atom is 0.419 e. The summed E-state index contributed by atoms with van der Waals surface area (Å²) in [4.78, 5) is 16.4. The number of fused-ring (bicyclic) bond motifs is 1. The van der Waals surface area contributed by atoms with Crippen molar-refractivity contribution in [2.75, 3.05) is 7.11 Å². The molecule has 0 aliphatic heterocycles. The predicted octanol–water partition coefficient (Wildman–Crippen LogP) is 4.98. The minimum Gasteiger partial charge on any atom is -0.452 e. The average Bonchev–Trinajstić information content (AvgIpc) is 3.11. The first-order valence-electron chi connectivity index (χ1n) is 7.98. The molecule has 25 heavy (non-hydrogen) atoms. The summed E-state index contributed by atoms with van der Waals surface area (Å²) in [6.45, 7) is 0. The molecule has 1 aromatic heterocycles. The van der Waals surface area contributed by atoms with E-state index in [9.17, 15) is 4.79 Å². The van der Waals surface area contributed by atoms with Crippen molar-refractivity contribution < 1.29 is 9.53 Å². The summed E-state index contributed by atoms with van der Waals surface area (Å²) >= 11 is 0. The van der Waals surface area contributed by atoms with Crippen LogP contribution in [0.1, 0.15) is 0 Å². The number of imidazole rings is 1. The lowest BCUT2D eigenvalue weighted by molar-refractivity contribution is 0.174. The van der Waals surface area contributed by atoms with Crippen LogP contribution < -0.4 is 0 Å². The molecule has 0 saturated heterocycles. The second-order valence-corrected chi connectivity index (χ2v) is 5.70. The molecule has 0 aliphatic carbocycles. The van der Waals surface area contributed by atoms with Gasteiger partial charge < -0.3 is 4.74 Å². The van der Waals surface area contributed by atoms with Gasteiger partial charge in [0.2, 0.25) is 0 Å². The van der Waals surface area contributed by atoms with E-state index >= 15 is 0 Å². The van der Waals surface area contributed by atoms with Crippen LogP contribution in [0.4, 0.5) is 4.79 Å². The molecule has 4 heteroatoms. The minimum atomic E-state index is -0.450. The van der Waals surface area contributed by atoms with Crippen molar-refractivity contribution in [3.8, 4) is 22.3 Å². The fourth-order valence-corrected chi connectivity index (χ4v) is 3.01. The van der Waals surface area contributed by atoms with Crippen LogP contribution in [0.3, 0.4) is 0 Å². The molecule has 0 unspecified atom stereocenters. The Kier molecular flexibility index (Phi) is 3.78. The third-order valence-electron chi connectivity index (χ3n) is 4.23. The molecule has 0 saturated carbocycles. The highest BCUT2D eigenvalue weighted by Gasteiger charge is 2.15. The Labute approximate surface area is 145 Å². The van der Waals surface area contributed by atoms with E-state index in [0.717, 1.165) is 33.3 Å². The zero-order valence-corrected chi connectivity index (χ0v) is 13.7. The molecule has 0 spiro atoms. The van der Waals surface area contributed by atoms with Crippen molar-refractivity contribution in [1.82, 2.24) is 9.55 Å². The van der Waals surface area contributed by atoms with E-state index in [2.05, 4.69) is 29.2 Å². The smallest absolute Gasteiger partial charge is 0.419 e. The summed E-state index contributed by atoms with van der Waals surface area (Å²) in [5.41, 5.74) is 5.80. The van der Waals surface area contributed by atoms with Crippen LogP contribution in [-0.2, 0) is 4.74 Å². The Balaban J connectivity index is 2.02. The van der Waals surface area contributed by atoms with Crippen molar-refractivity contribution in [2.45, 2.75) is 0 Å². The van der Waals surface area contributed by atoms with E-state index in [-0.39, 0.29) is 0 Å². The highest BCUT2D eigenvalue weighted by molar-refractivity contribution is 5.96. The summed E-state index contributed by atoms with van der Waals surface area (Å²) in [5, 5.41) is 0. The lowest BCUT2D eigenvalue weighted by Crippen LogP contribution is -2.09. The lowest BCUT2D eigenvalue weighted by Gasteiger charge is -2.11. The van der Waals surface area contributed by atoms with Gasteiger partial charge in [-0.05, 0) is 34.4 Å². The van der Waals surface area contributed by atoms with Crippen LogP contribution in [0.15, 0.2) is 79.1 Å². The Bertz CT molecular complexity index is 1040. The first-order valence-corrected chi connectivity index (χ1v) is 7.98.